The third kappa shape index (κ3) is 4.23. The molecule has 0 aliphatic rings. The van der Waals surface area contributed by atoms with E-state index in [0.29, 0.717) is 4.88 Å². The van der Waals surface area contributed by atoms with Crippen LogP contribution in [-0.2, 0) is 11.4 Å². The lowest BCUT2D eigenvalue weighted by atomic mass is 9.96. The van der Waals surface area contributed by atoms with Crippen molar-refractivity contribution in [3.05, 3.63) is 125 Å². The van der Waals surface area contributed by atoms with Crippen molar-refractivity contribution in [2.24, 2.45) is 0 Å². The van der Waals surface area contributed by atoms with Gasteiger partial charge >= 0.3 is 0 Å². The molecule has 0 bridgehead atoms. The van der Waals surface area contributed by atoms with Gasteiger partial charge in [-0.25, -0.2) is 0 Å². The van der Waals surface area contributed by atoms with E-state index in [2.05, 4.69) is 61.5 Å². The minimum absolute atomic E-state index is 0.644. The highest BCUT2D eigenvalue weighted by Crippen LogP contribution is 2.45. The van der Waals surface area contributed by atoms with E-state index >= 15 is 0 Å². The monoisotopic (exact) mass is 528 g/mol. The zero-order valence-corrected chi connectivity index (χ0v) is 22.6. The van der Waals surface area contributed by atoms with Gasteiger partial charge in [0.25, 0.3) is 0 Å². The van der Waals surface area contributed by atoms with E-state index in [4.69, 9.17) is 0 Å². The molecule has 0 amide bonds. The maximum atomic E-state index is 14.3. The molecular formula is C33H24N2OS2. The molecule has 0 spiro atoms. The number of aromatic nitrogens is 1. The summed E-state index contributed by atoms with van der Waals surface area (Å²) in [5, 5.41) is 12.9. The molecule has 0 aliphatic carbocycles. The number of nitriles is 1. The summed E-state index contributed by atoms with van der Waals surface area (Å²) in [6.07, 6.45) is 0. The second kappa shape index (κ2) is 10.00. The maximum absolute atomic E-state index is 14.3. The minimum Gasteiger partial charge on any atom is -0.587 e. The number of aryl methyl sites for hydroxylation is 2. The van der Waals surface area contributed by atoms with Gasteiger partial charge in [0.2, 0.25) is 0 Å². The van der Waals surface area contributed by atoms with Crippen LogP contribution in [0.1, 0.15) is 16.0 Å². The molecule has 6 rings (SSSR count). The van der Waals surface area contributed by atoms with Crippen LogP contribution in [0.3, 0.4) is 0 Å². The van der Waals surface area contributed by atoms with Crippen molar-refractivity contribution >= 4 is 33.6 Å². The summed E-state index contributed by atoms with van der Waals surface area (Å²) in [6, 6.07) is 37.1. The number of nitrogens with zero attached hydrogens (tertiary/aromatic N) is 2. The molecule has 2 aromatic heterocycles. The van der Waals surface area contributed by atoms with E-state index in [1.54, 1.807) is 0 Å². The fraction of sp³-hybridized carbons (Fsp3) is 0.0606. The Morgan fingerprint density at radius 3 is 2.24 bits per heavy atom. The smallest absolute Gasteiger partial charge is 0.180 e. The van der Waals surface area contributed by atoms with Crippen LogP contribution in [0, 0.1) is 25.2 Å². The highest BCUT2D eigenvalue weighted by molar-refractivity contribution is 7.90. The summed E-state index contributed by atoms with van der Waals surface area (Å²) in [5.74, 6) is 0. The van der Waals surface area contributed by atoms with Crippen LogP contribution < -0.4 is 0 Å². The Morgan fingerprint density at radius 1 is 0.763 bits per heavy atom. The van der Waals surface area contributed by atoms with E-state index < -0.39 is 11.4 Å². The van der Waals surface area contributed by atoms with Crippen LogP contribution in [0.15, 0.2) is 113 Å². The van der Waals surface area contributed by atoms with Crippen LogP contribution in [-0.4, -0.2) is 8.53 Å². The normalized spacial score (nSPS) is 11.9. The van der Waals surface area contributed by atoms with Crippen molar-refractivity contribution in [3.63, 3.8) is 0 Å². The average molecular weight is 529 g/mol. The summed E-state index contributed by atoms with van der Waals surface area (Å²) >= 11 is -0.0808. The molecule has 0 saturated carbocycles. The van der Waals surface area contributed by atoms with Crippen molar-refractivity contribution in [2.45, 2.75) is 18.7 Å². The summed E-state index contributed by atoms with van der Waals surface area (Å²) in [5.41, 5.74) is 8.98. The SMILES string of the molecule is Cc1ccc([S+]([O-])n2c(-c3cccc(-c4cccc(C)c4)c3)c(-c3ccsc3C#N)c3ccccc32)cc1. The standard InChI is InChI=1S/C33H24N2OS2/c1-22-13-15-27(16-14-22)38(36)35-30-12-4-3-11-28(30)32(29-17-18-37-31(29)21-34)33(35)26-10-6-9-25(20-26)24-8-5-7-23(2)19-24/h3-20H,1-2H3. The summed E-state index contributed by atoms with van der Waals surface area (Å²) in [6.45, 7) is 4.12. The Balaban J connectivity index is 1.69. The number of hydrogen-bond acceptors (Lipinski definition) is 3. The second-order valence-electron chi connectivity index (χ2n) is 9.32. The first-order valence-corrected chi connectivity index (χ1v) is 14.3. The molecule has 0 saturated heterocycles. The van der Waals surface area contributed by atoms with Gasteiger partial charge in [-0.2, -0.15) is 9.23 Å². The molecule has 38 heavy (non-hydrogen) atoms. The molecule has 184 valence electrons. The molecule has 4 aromatic carbocycles. The predicted octanol–water partition coefficient (Wildman–Crippen LogP) is 8.76. The van der Waals surface area contributed by atoms with Crippen molar-refractivity contribution in [1.29, 1.82) is 5.26 Å². The Morgan fingerprint density at radius 2 is 1.47 bits per heavy atom. The van der Waals surface area contributed by atoms with Gasteiger partial charge in [-0.3, -0.25) is 0 Å². The molecule has 0 N–H and O–H groups in total. The molecule has 1 atom stereocenters. The van der Waals surface area contributed by atoms with Crippen LogP contribution in [0.4, 0.5) is 0 Å². The Kier molecular flexibility index (Phi) is 6.39. The molecule has 2 heterocycles. The third-order valence-corrected chi connectivity index (χ3v) is 8.95. The van der Waals surface area contributed by atoms with Crippen molar-refractivity contribution in [1.82, 2.24) is 3.97 Å². The number of benzene rings is 4. The Labute approximate surface area is 229 Å². The Bertz CT molecular complexity index is 1820. The number of hydrogen-bond donors (Lipinski definition) is 0. The largest absolute Gasteiger partial charge is 0.587 e. The van der Waals surface area contributed by atoms with E-state index in [1.165, 1.54) is 16.9 Å². The number of rotatable bonds is 5. The lowest BCUT2D eigenvalue weighted by molar-refractivity contribution is 0.588. The van der Waals surface area contributed by atoms with Crippen LogP contribution in [0.2, 0.25) is 0 Å². The molecular weight excluding hydrogens is 505 g/mol. The summed E-state index contributed by atoms with van der Waals surface area (Å²) in [4.78, 5) is 1.37. The number of fused-ring (bicyclic) bond motifs is 1. The molecule has 1 unspecified atom stereocenters. The van der Waals surface area contributed by atoms with Crippen molar-refractivity contribution in [2.75, 3.05) is 0 Å². The minimum atomic E-state index is -1.51. The van der Waals surface area contributed by atoms with Crippen molar-refractivity contribution < 1.29 is 4.55 Å². The molecule has 6 aromatic rings. The van der Waals surface area contributed by atoms with Gasteiger partial charge in [0.1, 0.15) is 28.0 Å². The van der Waals surface area contributed by atoms with E-state index in [1.807, 2.05) is 70.9 Å². The van der Waals surface area contributed by atoms with E-state index in [0.717, 1.165) is 54.9 Å². The first-order valence-electron chi connectivity index (χ1n) is 12.3. The zero-order chi connectivity index (χ0) is 26.2. The average Bonchev–Trinajstić information content (AvgIpc) is 3.55. The van der Waals surface area contributed by atoms with Gasteiger partial charge in [0.05, 0.1) is 5.52 Å². The highest BCUT2D eigenvalue weighted by atomic mass is 32.2. The molecule has 3 nitrogen and oxygen atoms in total. The lowest BCUT2D eigenvalue weighted by Crippen LogP contribution is -2.14. The fourth-order valence-corrected chi connectivity index (χ4v) is 6.91. The van der Waals surface area contributed by atoms with Gasteiger partial charge in [-0.1, -0.05) is 83.9 Å². The zero-order valence-electron chi connectivity index (χ0n) is 21.0. The molecule has 5 heteroatoms. The Hall–Kier alpha value is -4.08. The van der Waals surface area contributed by atoms with Gasteiger partial charge in [-0.15, -0.1) is 11.3 Å². The second-order valence-corrected chi connectivity index (χ2v) is 11.6. The van der Waals surface area contributed by atoms with Crippen LogP contribution >= 0.6 is 11.3 Å². The topological polar surface area (TPSA) is 51.8 Å². The summed E-state index contributed by atoms with van der Waals surface area (Å²) in [7, 11) is 0. The van der Waals surface area contributed by atoms with Gasteiger partial charge in [0.15, 0.2) is 4.90 Å². The van der Waals surface area contributed by atoms with E-state index in [9.17, 15) is 9.81 Å². The molecule has 0 fully saturated rings. The maximum Gasteiger partial charge on any atom is 0.180 e. The van der Waals surface area contributed by atoms with E-state index in [-0.39, 0.29) is 0 Å². The fourth-order valence-electron chi connectivity index (χ4n) is 4.94. The highest BCUT2D eigenvalue weighted by Gasteiger charge is 2.29. The molecule has 0 aliphatic heterocycles. The van der Waals surface area contributed by atoms with Crippen LogP contribution in [0.5, 0.6) is 0 Å². The van der Waals surface area contributed by atoms with Gasteiger partial charge < -0.3 is 4.55 Å². The quantitative estimate of drug-likeness (QED) is 0.210. The predicted molar refractivity (Wildman–Crippen MR) is 159 cm³/mol. The number of thiophene rings is 1. The van der Waals surface area contributed by atoms with Crippen LogP contribution in [0.25, 0.3) is 44.4 Å². The first kappa shape index (κ1) is 24.3. The van der Waals surface area contributed by atoms with Gasteiger partial charge in [0, 0.05) is 22.1 Å². The first-order chi connectivity index (χ1) is 18.5. The molecule has 0 radical (unpaired) electrons. The summed E-state index contributed by atoms with van der Waals surface area (Å²) < 4.78 is 16.2. The number of para-hydroxylation sites is 1. The van der Waals surface area contributed by atoms with Gasteiger partial charge in [-0.05, 0) is 60.7 Å². The van der Waals surface area contributed by atoms with Crippen molar-refractivity contribution in [3.8, 4) is 39.6 Å². The third-order valence-electron chi connectivity index (χ3n) is 6.74. The lowest BCUT2D eigenvalue weighted by Gasteiger charge is -2.16.